The second kappa shape index (κ2) is 8.01. The fraction of sp³-hybridized carbons (Fsp3) is 0.429. The van der Waals surface area contributed by atoms with Crippen molar-refractivity contribution in [1.29, 1.82) is 0 Å². The molecule has 110 valence electrons. The molecule has 6 heteroatoms. The van der Waals surface area contributed by atoms with E-state index in [4.69, 9.17) is 5.73 Å². The number of amides is 2. The molecule has 0 aliphatic heterocycles. The molecule has 20 heavy (non-hydrogen) atoms. The molecule has 0 saturated carbocycles. The van der Waals surface area contributed by atoms with Crippen molar-refractivity contribution in [2.45, 2.75) is 32.7 Å². The summed E-state index contributed by atoms with van der Waals surface area (Å²) in [6.07, 6.45) is 1.44. The molecule has 5 nitrogen and oxygen atoms in total. The van der Waals surface area contributed by atoms with Gasteiger partial charge in [-0.1, -0.05) is 35.3 Å². The maximum absolute atomic E-state index is 11.8. The minimum Gasteiger partial charge on any atom is -0.346 e. The van der Waals surface area contributed by atoms with Gasteiger partial charge in [0.15, 0.2) is 0 Å². The van der Waals surface area contributed by atoms with Crippen LogP contribution in [0.15, 0.2) is 22.7 Å². The van der Waals surface area contributed by atoms with E-state index < -0.39 is 6.04 Å². The molecule has 0 saturated heterocycles. The first-order valence-corrected chi connectivity index (χ1v) is 7.32. The molecule has 1 unspecified atom stereocenters. The summed E-state index contributed by atoms with van der Waals surface area (Å²) >= 11 is 3.35. The van der Waals surface area contributed by atoms with E-state index >= 15 is 0 Å². The lowest BCUT2D eigenvalue weighted by Crippen LogP contribution is -2.43. The zero-order valence-corrected chi connectivity index (χ0v) is 13.3. The second-order valence-electron chi connectivity index (χ2n) is 4.62. The average molecular weight is 342 g/mol. The van der Waals surface area contributed by atoms with Gasteiger partial charge in [0.05, 0.1) is 12.6 Å². The Kier molecular flexibility index (Phi) is 6.67. The van der Waals surface area contributed by atoms with Gasteiger partial charge in [-0.15, -0.1) is 0 Å². The maximum Gasteiger partial charge on any atom is 0.243 e. The number of nitrogens with one attached hydrogen (secondary N) is 2. The van der Waals surface area contributed by atoms with Crippen LogP contribution in [0.2, 0.25) is 0 Å². The summed E-state index contributed by atoms with van der Waals surface area (Å²) < 4.78 is 0.882. The van der Waals surface area contributed by atoms with Gasteiger partial charge < -0.3 is 16.4 Å². The van der Waals surface area contributed by atoms with Crippen molar-refractivity contribution < 1.29 is 9.59 Å². The van der Waals surface area contributed by atoms with Gasteiger partial charge in [-0.2, -0.15) is 0 Å². The number of nitrogens with two attached hydrogens (primary N) is 1. The third-order valence-electron chi connectivity index (χ3n) is 2.83. The minimum absolute atomic E-state index is 0.0811. The molecular weight excluding hydrogens is 322 g/mol. The Morgan fingerprint density at radius 3 is 2.75 bits per heavy atom. The van der Waals surface area contributed by atoms with Gasteiger partial charge in [-0.25, -0.2) is 0 Å². The summed E-state index contributed by atoms with van der Waals surface area (Å²) in [6, 6.07) is 5.06. The van der Waals surface area contributed by atoms with Crippen LogP contribution in [0.1, 0.15) is 25.3 Å². The Balaban J connectivity index is 2.48. The molecule has 4 N–H and O–H groups in total. The number of hydrogen-bond acceptors (Lipinski definition) is 3. The van der Waals surface area contributed by atoms with E-state index in [1.807, 2.05) is 32.0 Å². The summed E-state index contributed by atoms with van der Waals surface area (Å²) in [7, 11) is 0. The molecule has 2 amide bonds. The maximum atomic E-state index is 11.8. The quantitative estimate of drug-likeness (QED) is 0.739. The van der Waals surface area contributed by atoms with Gasteiger partial charge in [0.1, 0.15) is 0 Å². The second-order valence-corrected chi connectivity index (χ2v) is 5.54. The SMILES string of the molecule is CCCC(N)C(=O)NCC(=O)Nc1cc(Br)ccc1C. The molecule has 1 atom stereocenters. The molecule has 0 aliphatic rings. The van der Waals surface area contributed by atoms with E-state index in [0.717, 1.165) is 22.1 Å². The van der Waals surface area contributed by atoms with E-state index in [1.54, 1.807) is 0 Å². The van der Waals surface area contributed by atoms with Crippen LogP contribution in [0.4, 0.5) is 5.69 Å². The number of aryl methyl sites for hydroxylation is 1. The summed E-state index contributed by atoms with van der Waals surface area (Å²) in [5, 5.41) is 5.29. The van der Waals surface area contributed by atoms with Gasteiger partial charge >= 0.3 is 0 Å². The van der Waals surface area contributed by atoms with Crippen LogP contribution in [0, 0.1) is 6.92 Å². The number of rotatable bonds is 6. The first kappa shape index (κ1) is 16.7. The molecule has 1 aromatic rings. The highest BCUT2D eigenvalue weighted by Gasteiger charge is 2.13. The van der Waals surface area contributed by atoms with Crippen molar-refractivity contribution in [2.75, 3.05) is 11.9 Å². The number of halogens is 1. The van der Waals surface area contributed by atoms with Crippen molar-refractivity contribution in [1.82, 2.24) is 5.32 Å². The van der Waals surface area contributed by atoms with E-state index in [9.17, 15) is 9.59 Å². The lowest BCUT2D eigenvalue weighted by molar-refractivity contribution is -0.125. The zero-order chi connectivity index (χ0) is 15.1. The molecular formula is C14H20BrN3O2. The molecule has 0 bridgehead atoms. The Hall–Kier alpha value is -1.40. The van der Waals surface area contributed by atoms with Gasteiger partial charge in [-0.05, 0) is 31.0 Å². The van der Waals surface area contributed by atoms with Crippen LogP contribution in [0.5, 0.6) is 0 Å². The molecule has 0 aliphatic carbocycles. The Morgan fingerprint density at radius 2 is 2.10 bits per heavy atom. The summed E-state index contributed by atoms with van der Waals surface area (Å²) in [6.45, 7) is 3.77. The fourth-order valence-corrected chi connectivity index (χ4v) is 2.02. The third kappa shape index (κ3) is 5.30. The molecule has 0 spiro atoms. The Morgan fingerprint density at radius 1 is 1.40 bits per heavy atom. The van der Waals surface area contributed by atoms with Crippen molar-refractivity contribution >= 4 is 33.4 Å². The highest BCUT2D eigenvalue weighted by Crippen LogP contribution is 2.20. The Bertz CT molecular complexity index is 491. The monoisotopic (exact) mass is 341 g/mol. The van der Waals surface area contributed by atoms with E-state index in [1.165, 1.54) is 0 Å². The molecule has 0 radical (unpaired) electrons. The number of anilines is 1. The normalized spacial score (nSPS) is 11.8. The van der Waals surface area contributed by atoms with E-state index in [0.29, 0.717) is 6.42 Å². The predicted molar refractivity (Wildman–Crippen MR) is 83.4 cm³/mol. The van der Waals surface area contributed by atoms with Crippen LogP contribution in [0.25, 0.3) is 0 Å². The lowest BCUT2D eigenvalue weighted by Gasteiger charge is -2.12. The van der Waals surface area contributed by atoms with Gasteiger partial charge in [-0.3, -0.25) is 9.59 Å². The highest BCUT2D eigenvalue weighted by atomic mass is 79.9. The van der Waals surface area contributed by atoms with Gasteiger partial charge in [0.2, 0.25) is 11.8 Å². The van der Waals surface area contributed by atoms with Crippen molar-refractivity contribution in [2.24, 2.45) is 5.73 Å². The number of hydrogen-bond donors (Lipinski definition) is 3. The minimum atomic E-state index is -0.555. The Labute approximate surface area is 127 Å². The number of carbonyl (C=O) groups excluding carboxylic acids is 2. The van der Waals surface area contributed by atoms with Crippen molar-refractivity contribution in [3.63, 3.8) is 0 Å². The smallest absolute Gasteiger partial charge is 0.243 e. The van der Waals surface area contributed by atoms with Crippen LogP contribution in [-0.2, 0) is 9.59 Å². The van der Waals surface area contributed by atoms with Crippen LogP contribution in [0.3, 0.4) is 0 Å². The van der Waals surface area contributed by atoms with Crippen LogP contribution < -0.4 is 16.4 Å². The van der Waals surface area contributed by atoms with Crippen LogP contribution in [-0.4, -0.2) is 24.4 Å². The first-order valence-electron chi connectivity index (χ1n) is 6.53. The largest absolute Gasteiger partial charge is 0.346 e. The van der Waals surface area contributed by atoms with Crippen molar-refractivity contribution in [3.05, 3.63) is 28.2 Å². The predicted octanol–water partition coefficient (Wildman–Crippen LogP) is 1.94. The summed E-state index contributed by atoms with van der Waals surface area (Å²) in [4.78, 5) is 23.4. The van der Waals surface area contributed by atoms with E-state index in [2.05, 4.69) is 26.6 Å². The fourth-order valence-electron chi connectivity index (χ4n) is 1.66. The zero-order valence-electron chi connectivity index (χ0n) is 11.7. The molecule has 0 heterocycles. The summed E-state index contributed by atoms with van der Waals surface area (Å²) in [5.74, 6) is -0.573. The number of carbonyl (C=O) groups is 2. The lowest BCUT2D eigenvalue weighted by atomic mass is 10.1. The third-order valence-corrected chi connectivity index (χ3v) is 3.33. The topological polar surface area (TPSA) is 84.2 Å². The summed E-state index contributed by atoms with van der Waals surface area (Å²) in [5.41, 5.74) is 7.33. The first-order chi connectivity index (χ1) is 9.43. The van der Waals surface area contributed by atoms with Gasteiger partial charge in [0, 0.05) is 10.2 Å². The standard InChI is InChI=1S/C14H20BrN3O2/c1-3-4-11(16)14(20)17-8-13(19)18-12-7-10(15)6-5-9(12)2/h5-7,11H,3-4,8,16H2,1-2H3,(H,17,20)(H,18,19). The molecule has 1 aromatic carbocycles. The number of benzene rings is 1. The highest BCUT2D eigenvalue weighted by molar-refractivity contribution is 9.10. The van der Waals surface area contributed by atoms with Gasteiger partial charge in [0.25, 0.3) is 0 Å². The van der Waals surface area contributed by atoms with E-state index in [-0.39, 0.29) is 18.4 Å². The average Bonchev–Trinajstić information content (AvgIpc) is 2.40. The van der Waals surface area contributed by atoms with Crippen molar-refractivity contribution in [3.8, 4) is 0 Å². The molecule has 1 rings (SSSR count). The molecule has 0 fully saturated rings. The van der Waals surface area contributed by atoms with Crippen LogP contribution >= 0.6 is 15.9 Å². The molecule has 0 aromatic heterocycles.